The Balaban J connectivity index is 1.31. The van der Waals surface area contributed by atoms with Crippen molar-refractivity contribution in [2.45, 2.75) is 24.2 Å². The first-order valence-electron chi connectivity index (χ1n) is 9.19. The van der Waals surface area contributed by atoms with Crippen LogP contribution >= 0.6 is 11.8 Å². The first kappa shape index (κ1) is 18.6. The van der Waals surface area contributed by atoms with Crippen molar-refractivity contribution in [1.29, 1.82) is 0 Å². The summed E-state index contributed by atoms with van der Waals surface area (Å²) in [5.41, 5.74) is 3.99. The number of para-hydroxylation sites is 1. The Hall–Kier alpha value is -2.80. The minimum Gasteiger partial charge on any atom is -0.454 e. The van der Waals surface area contributed by atoms with E-state index in [1.54, 1.807) is 6.07 Å². The van der Waals surface area contributed by atoms with Gasteiger partial charge in [-0.1, -0.05) is 18.2 Å². The Kier molecular flexibility index (Phi) is 5.34. The van der Waals surface area contributed by atoms with Crippen LogP contribution in [-0.4, -0.2) is 36.7 Å². The van der Waals surface area contributed by atoms with Gasteiger partial charge in [0.1, 0.15) is 6.54 Å². The molecule has 0 saturated heterocycles. The molecule has 1 aliphatic carbocycles. The third kappa shape index (κ3) is 4.04. The predicted octanol–water partition coefficient (Wildman–Crippen LogP) is 2.80. The van der Waals surface area contributed by atoms with Gasteiger partial charge < -0.3 is 10.1 Å². The monoisotopic (exact) mass is 396 g/mol. The van der Waals surface area contributed by atoms with Crippen molar-refractivity contribution in [3.05, 3.63) is 53.6 Å². The zero-order valence-electron chi connectivity index (χ0n) is 15.3. The van der Waals surface area contributed by atoms with Crippen LogP contribution < -0.4 is 10.2 Å². The van der Waals surface area contributed by atoms with E-state index >= 15 is 0 Å². The summed E-state index contributed by atoms with van der Waals surface area (Å²) in [5.74, 6) is -0.877. The molecule has 1 aliphatic heterocycles. The number of anilines is 2. The van der Waals surface area contributed by atoms with Gasteiger partial charge >= 0.3 is 5.97 Å². The lowest BCUT2D eigenvalue weighted by molar-refractivity contribution is -0.146. The van der Waals surface area contributed by atoms with Crippen molar-refractivity contribution in [2.24, 2.45) is 0 Å². The summed E-state index contributed by atoms with van der Waals surface area (Å²) in [6.45, 7) is -0.586. The average molecular weight is 396 g/mol. The van der Waals surface area contributed by atoms with Gasteiger partial charge in [0.15, 0.2) is 6.61 Å². The Morgan fingerprint density at radius 1 is 1.11 bits per heavy atom. The number of fused-ring (bicyclic) bond motifs is 2. The predicted molar refractivity (Wildman–Crippen MR) is 108 cm³/mol. The molecule has 4 rings (SSSR count). The summed E-state index contributed by atoms with van der Waals surface area (Å²) in [6, 6.07) is 13.3. The third-order valence-electron chi connectivity index (χ3n) is 4.84. The number of esters is 1. The maximum atomic E-state index is 12.2. The quantitative estimate of drug-likeness (QED) is 0.787. The van der Waals surface area contributed by atoms with E-state index in [9.17, 15) is 14.4 Å². The van der Waals surface area contributed by atoms with E-state index < -0.39 is 11.9 Å². The maximum absolute atomic E-state index is 12.2. The molecule has 0 radical (unpaired) electrons. The van der Waals surface area contributed by atoms with Crippen molar-refractivity contribution in [2.75, 3.05) is 29.1 Å². The Bertz CT molecular complexity index is 944. The Morgan fingerprint density at radius 3 is 2.82 bits per heavy atom. The molecule has 2 aliphatic rings. The molecule has 7 heteroatoms. The smallest absolute Gasteiger partial charge is 0.326 e. The van der Waals surface area contributed by atoms with Crippen molar-refractivity contribution in [3.8, 4) is 0 Å². The number of carbonyl (C=O) groups excluding carboxylic acids is 3. The molecule has 0 fully saturated rings. The van der Waals surface area contributed by atoms with Crippen molar-refractivity contribution < 1.29 is 19.1 Å². The second-order valence-corrected chi connectivity index (χ2v) is 7.80. The highest BCUT2D eigenvalue weighted by atomic mass is 32.2. The molecule has 6 nitrogen and oxygen atoms in total. The van der Waals surface area contributed by atoms with Crippen molar-refractivity contribution >= 4 is 40.9 Å². The minimum atomic E-state index is -0.612. The molecule has 2 aromatic rings. The van der Waals surface area contributed by atoms with E-state index in [2.05, 4.69) is 5.32 Å². The second kappa shape index (κ2) is 8.06. The molecule has 2 aromatic carbocycles. The zero-order valence-corrected chi connectivity index (χ0v) is 16.1. The number of carbonyl (C=O) groups is 3. The van der Waals surface area contributed by atoms with Gasteiger partial charge in [-0.15, -0.1) is 11.8 Å². The Morgan fingerprint density at radius 2 is 1.93 bits per heavy atom. The van der Waals surface area contributed by atoms with E-state index in [4.69, 9.17) is 4.74 Å². The highest BCUT2D eigenvalue weighted by molar-refractivity contribution is 8.00. The molecule has 2 amide bonds. The van der Waals surface area contributed by atoms with Gasteiger partial charge in [-0.05, 0) is 54.7 Å². The lowest BCUT2D eigenvalue weighted by Gasteiger charge is -2.27. The fraction of sp³-hybridized carbons (Fsp3) is 0.286. The van der Waals surface area contributed by atoms with Gasteiger partial charge in [-0.3, -0.25) is 19.3 Å². The molecule has 1 heterocycles. The van der Waals surface area contributed by atoms with Gasteiger partial charge in [-0.2, -0.15) is 0 Å². The molecule has 0 unspecified atom stereocenters. The fourth-order valence-electron chi connectivity index (χ4n) is 3.49. The van der Waals surface area contributed by atoms with Crippen LogP contribution in [0.15, 0.2) is 47.4 Å². The number of hydrogen-bond acceptors (Lipinski definition) is 5. The van der Waals surface area contributed by atoms with Gasteiger partial charge in [0.25, 0.3) is 5.91 Å². The number of benzene rings is 2. The SMILES string of the molecule is O=C(COC(=O)CN1C(=O)CSc2ccccc21)Nc1ccc2c(c1)CCC2. The molecular formula is C21H20N2O4S. The van der Waals surface area contributed by atoms with Crippen molar-refractivity contribution in [1.82, 2.24) is 0 Å². The number of hydrogen-bond donors (Lipinski definition) is 1. The summed E-state index contributed by atoms with van der Waals surface area (Å²) >= 11 is 1.45. The first-order chi connectivity index (χ1) is 13.6. The van der Waals surface area contributed by atoms with Crippen LogP contribution in [0.2, 0.25) is 0 Å². The normalized spacial score (nSPS) is 15.0. The summed E-state index contributed by atoms with van der Waals surface area (Å²) in [7, 11) is 0. The molecule has 0 saturated carbocycles. The van der Waals surface area contributed by atoms with Gasteiger partial charge in [0.05, 0.1) is 11.4 Å². The molecule has 0 aromatic heterocycles. The van der Waals surface area contributed by atoms with Crippen LogP contribution in [0, 0.1) is 0 Å². The van der Waals surface area contributed by atoms with Gasteiger partial charge in [-0.25, -0.2) is 0 Å². The van der Waals surface area contributed by atoms with Gasteiger partial charge in [0.2, 0.25) is 5.91 Å². The number of nitrogens with one attached hydrogen (secondary N) is 1. The second-order valence-electron chi connectivity index (χ2n) is 6.78. The third-order valence-corrected chi connectivity index (χ3v) is 5.89. The number of nitrogens with zero attached hydrogens (tertiary/aromatic N) is 1. The largest absolute Gasteiger partial charge is 0.454 e. The van der Waals surface area contributed by atoms with E-state index in [0.29, 0.717) is 11.4 Å². The number of amides is 2. The first-order valence-corrected chi connectivity index (χ1v) is 10.2. The van der Waals surface area contributed by atoms with Crippen LogP contribution in [0.4, 0.5) is 11.4 Å². The fourth-order valence-corrected chi connectivity index (χ4v) is 4.43. The van der Waals surface area contributed by atoms with Gasteiger partial charge in [0, 0.05) is 10.6 Å². The minimum absolute atomic E-state index is 0.150. The van der Waals surface area contributed by atoms with E-state index in [1.807, 2.05) is 36.4 Å². The van der Waals surface area contributed by atoms with E-state index in [1.165, 1.54) is 27.8 Å². The summed E-state index contributed by atoms with van der Waals surface area (Å²) < 4.78 is 5.08. The number of ether oxygens (including phenoxy) is 1. The molecule has 0 spiro atoms. The maximum Gasteiger partial charge on any atom is 0.326 e. The summed E-state index contributed by atoms with van der Waals surface area (Å²) in [5, 5.41) is 2.76. The van der Waals surface area contributed by atoms with Crippen LogP contribution in [0.1, 0.15) is 17.5 Å². The van der Waals surface area contributed by atoms with Crippen LogP contribution in [0.25, 0.3) is 0 Å². The standard InChI is InChI=1S/C21H20N2O4S/c24-19(22-16-9-8-14-4-3-5-15(14)10-16)12-27-21(26)11-23-17-6-1-2-7-18(17)28-13-20(23)25/h1-2,6-10H,3-5,11-13H2,(H,22,24). The summed E-state index contributed by atoms with van der Waals surface area (Å²) in [6.07, 6.45) is 3.25. The molecule has 144 valence electrons. The molecule has 1 N–H and O–H groups in total. The number of thioether (sulfide) groups is 1. The number of rotatable bonds is 5. The number of aryl methyl sites for hydroxylation is 2. The lowest BCUT2D eigenvalue weighted by Crippen LogP contribution is -2.40. The molecule has 0 bridgehead atoms. The topological polar surface area (TPSA) is 75.7 Å². The highest BCUT2D eigenvalue weighted by Crippen LogP contribution is 2.34. The Labute approximate surface area is 167 Å². The van der Waals surface area contributed by atoms with E-state index in [-0.39, 0.29) is 24.8 Å². The molecule has 28 heavy (non-hydrogen) atoms. The molecular weight excluding hydrogens is 376 g/mol. The van der Waals surface area contributed by atoms with Crippen LogP contribution in [0.5, 0.6) is 0 Å². The van der Waals surface area contributed by atoms with E-state index in [0.717, 1.165) is 24.2 Å². The van der Waals surface area contributed by atoms with Crippen LogP contribution in [0.3, 0.4) is 0 Å². The van der Waals surface area contributed by atoms with Crippen molar-refractivity contribution in [3.63, 3.8) is 0 Å². The highest BCUT2D eigenvalue weighted by Gasteiger charge is 2.27. The summed E-state index contributed by atoms with van der Waals surface area (Å²) in [4.78, 5) is 38.8. The average Bonchev–Trinajstić information content (AvgIpc) is 3.16. The van der Waals surface area contributed by atoms with Crippen LogP contribution in [-0.2, 0) is 32.0 Å². The lowest BCUT2D eigenvalue weighted by atomic mass is 10.1. The zero-order chi connectivity index (χ0) is 19.5. The molecule has 0 atom stereocenters.